The second-order valence-electron chi connectivity index (χ2n) is 3.84. The van der Waals surface area contributed by atoms with Crippen LogP contribution in [0.5, 0.6) is 0 Å². The zero-order chi connectivity index (χ0) is 13.1. The summed E-state index contributed by atoms with van der Waals surface area (Å²) in [5, 5.41) is 12.9. The van der Waals surface area contributed by atoms with E-state index in [4.69, 9.17) is 10.8 Å². The molecular formula is C12H12BrN3O2. The molecule has 2 rings (SSSR count). The molecule has 1 aromatic carbocycles. The number of nitrogen functional groups attached to an aromatic ring is 1. The lowest BCUT2D eigenvalue weighted by Gasteiger charge is -2.03. The smallest absolute Gasteiger partial charge is 0.303 e. The molecule has 5 nitrogen and oxygen atoms in total. The van der Waals surface area contributed by atoms with Crippen molar-refractivity contribution < 1.29 is 9.90 Å². The number of hydrogen-bond acceptors (Lipinski definition) is 3. The highest BCUT2D eigenvalue weighted by atomic mass is 79.9. The highest BCUT2D eigenvalue weighted by Crippen LogP contribution is 2.18. The molecule has 18 heavy (non-hydrogen) atoms. The van der Waals surface area contributed by atoms with Crippen LogP contribution in [0.2, 0.25) is 0 Å². The third kappa shape index (κ3) is 2.89. The van der Waals surface area contributed by atoms with Gasteiger partial charge in [-0.25, -0.2) is 4.68 Å². The number of nitrogens with two attached hydrogens (primary N) is 1. The van der Waals surface area contributed by atoms with E-state index in [0.29, 0.717) is 17.9 Å². The molecule has 2 aromatic rings. The molecule has 0 saturated heterocycles. The first kappa shape index (κ1) is 12.6. The molecule has 6 heteroatoms. The van der Waals surface area contributed by atoms with Gasteiger partial charge in [-0.2, -0.15) is 5.10 Å². The largest absolute Gasteiger partial charge is 0.481 e. The Hall–Kier alpha value is -1.82. The van der Waals surface area contributed by atoms with Gasteiger partial charge in [0.05, 0.1) is 17.8 Å². The molecule has 0 amide bonds. The number of carbonyl (C=O) groups is 1. The van der Waals surface area contributed by atoms with Crippen molar-refractivity contribution in [3.05, 3.63) is 40.5 Å². The Morgan fingerprint density at radius 3 is 2.67 bits per heavy atom. The van der Waals surface area contributed by atoms with Crippen LogP contribution in [0.1, 0.15) is 12.1 Å². The maximum absolute atomic E-state index is 10.5. The Morgan fingerprint density at radius 2 is 2.06 bits per heavy atom. The van der Waals surface area contributed by atoms with E-state index in [1.54, 1.807) is 10.7 Å². The van der Waals surface area contributed by atoms with Gasteiger partial charge in [0.1, 0.15) is 5.82 Å². The van der Waals surface area contributed by atoms with Crippen molar-refractivity contribution in [2.75, 3.05) is 5.73 Å². The summed E-state index contributed by atoms with van der Waals surface area (Å²) in [6.45, 7) is 0. The molecular weight excluding hydrogens is 298 g/mol. The lowest BCUT2D eigenvalue weighted by atomic mass is 10.2. The average molecular weight is 310 g/mol. The van der Waals surface area contributed by atoms with Crippen molar-refractivity contribution in [1.82, 2.24) is 9.78 Å². The third-order valence-corrected chi connectivity index (χ3v) is 2.98. The van der Waals surface area contributed by atoms with Gasteiger partial charge in [-0.15, -0.1) is 0 Å². The first-order valence-electron chi connectivity index (χ1n) is 5.38. The maximum Gasteiger partial charge on any atom is 0.303 e. The molecule has 0 unspecified atom stereocenters. The molecule has 0 radical (unpaired) electrons. The second-order valence-corrected chi connectivity index (χ2v) is 4.76. The van der Waals surface area contributed by atoms with Gasteiger partial charge in [0.25, 0.3) is 0 Å². The minimum Gasteiger partial charge on any atom is -0.481 e. The van der Waals surface area contributed by atoms with E-state index in [1.165, 1.54) is 0 Å². The predicted molar refractivity (Wildman–Crippen MR) is 71.6 cm³/mol. The average Bonchev–Trinajstić information content (AvgIpc) is 2.69. The van der Waals surface area contributed by atoms with E-state index in [1.807, 2.05) is 24.3 Å². The van der Waals surface area contributed by atoms with E-state index >= 15 is 0 Å². The summed E-state index contributed by atoms with van der Waals surface area (Å²) in [5.74, 6) is -0.343. The molecule has 3 N–H and O–H groups in total. The van der Waals surface area contributed by atoms with E-state index in [2.05, 4.69) is 21.0 Å². The summed E-state index contributed by atoms with van der Waals surface area (Å²) in [5.41, 5.74) is 7.38. The van der Waals surface area contributed by atoms with Gasteiger partial charge < -0.3 is 10.8 Å². The number of aromatic nitrogens is 2. The lowest BCUT2D eigenvalue weighted by molar-refractivity contribution is -0.136. The monoisotopic (exact) mass is 309 g/mol. The standard InChI is InChI=1S/C12H12BrN3O2/c13-8-1-4-10(5-2-8)16-11(14)7-9(15-16)3-6-12(17)18/h1-2,4-5,7H,3,6,14H2,(H,17,18). The highest BCUT2D eigenvalue weighted by Gasteiger charge is 2.08. The van der Waals surface area contributed by atoms with E-state index in [0.717, 1.165) is 10.2 Å². The number of benzene rings is 1. The van der Waals surface area contributed by atoms with Crippen LogP contribution >= 0.6 is 15.9 Å². The summed E-state index contributed by atoms with van der Waals surface area (Å²) in [6.07, 6.45) is 0.430. The summed E-state index contributed by atoms with van der Waals surface area (Å²) in [7, 11) is 0. The number of aliphatic carboxylic acids is 1. The van der Waals surface area contributed by atoms with Crippen molar-refractivity contribution in [2.45, 2.75) is 12.8 Å². The van der Waals surface area contributed by atoms with E-state index in [-0.39, 0.29) is 6.42 Å². The molecule has 0 aliphatic carbocycles. The number of rotatable bonds is 4. The van der Waals surface area contributed by atoms with Gasteiger partial charge >= 0.3 is 5.97 Å². The number of anilines is 1. The van der Waals surface area contributed by atoms with Crippen molar-refractivity contribution in [2.24, 2.45) is 0 Å². The molecule has 0 fully saturated rings. The predicted octanol–water partition coefficient (Wildman–Crippen LogP) is 2.23. The molecule has 0 aliphatic heterocycles. The fraction of sp³-hybridized carbons (Fsp3) is 0.167. The molecule has 0 spiro atoms. The van der Waals surface area contributed by atoms with Gasteiger partial charge in [0, 0.05) is 17.0 Å². The first-order chi connectivity index (χ1) is 8.56. The minimum atomic E-state index is -0.841. The van der Waals surface area contributed by atoms with Gasteiger partial charge in [0.15, 0.2) is 0 Å². The van der Waals surface area contributed by atoms with Crippen LogP contribution in [0.3, 0.4) is 0 Å². The molecule has 0 aliphatic rings. The van der Waals surface area contributed by atoms with Crippen molar-refractivity contribution in [3.8, 4) is 5.69 Å². The molecule has 1 heterocycles. The van der Waals surface area contributed by atoms with Gasteiger partial charge in [-0.05, 0) is 24.3 Å². The zero-order valence-electron chi connectivity index (χ0n) is 9.51. The Labute approximate surface area is 112 Å². The molecule has 0 bridgehead atoms. The summed E-state index contributed by atoms with van der Waals surface area (Å²) in [6, 6.07) is 9.26. The van der Waals surface area contributed by atoms with E-state index < -0.39 is 5.97 Å². The molecule has 0 saturated carbocycles. The normalized spacial score (nSPS) is 10.5. The summed E-state index contributed by atoms with van der Waals surface area (Å²) in [4.78, 5) is 10.5. The van der Waals surface area contributed by atoms with Crippen LogP contribution in [0.4, 0.5) is 5.82 Å². The van der Waals surface area contributed by atoms with Crippen LogP contribution in [0, 0.1) is 0 Å². The van der Waals surface area contributed by atoms with Crippen molar-refractivity contribution in [1.29, 1.82) is 0 Å². The maximum atomic E-state index is 10.5. The number of hydrogen-bond donors (Lipinski definition) is 2. The van der Waals surface area contributed by atoms with Crippen LogP contribution in [-0.4, -0.2) is 20.9 Å². The summed E-state index contributed by atoms with van der Waals surface area (Å²) >= 11 is 3.36. The van der Waals surface area contributed by atoms with Crippen molar-refractivity contribution in [3.63, 3.8) is 0 Å². The number of nitrogens with zero attached hydrogens (tertiary/aromatic N) is 2. The quantitative estimate of drug-likeness (QED) is 0.907. The Balaban J connectivity index is 2.23. The van der Waals surface area contributed by atoms with E-state index in [9.17, 15) is 4.79 Å². The summed E-state index contributed by atoms with van der Waals surface area (Å²) < 4.78 is 2.58. The molecule has 1 aromatic heterocycles. The van der Waals surface area contributed by atoms with Gasteiger partial charge in [-0.3, -0.25) is 4.79 Å². The zero-order valence-corrected chi connectivity index (χ0v) is 11.1. The topological polar surface area (TPSA) is 81.1 Å². The first-order valence-corrected chi connectivity index (χ1v) is 6.18. The SMILES string of the molecule is Nc1cc(CCC(=O)O)nn1-c1ccc(Br)cc1. The molecule has 94 valence electrons. The molecule has 0 atom stereocenters. The van der Waals surface area contributed by atoms with Gasteiger partial charge in [0.2, 0.25) is 0 Å². The Morgan fingerprint density at radius 1 is 1.39 bits per heavy atom. The van der Waals surface area contributed by atoms with Crippen LogP contribution in [-0.2, 0) is 11.2 Å². The minimum absolute atomic E-state index is 0.0524. The van der Waals surface area contributed by atoms with Gasteiger partial charge in [-0.1, -0.05) is 15.9 Å². The Bertz CT molecular complexity index is 563. The lowest BCUT2D eigenvalue weighted by Crippen LogP contribution is -2.02. The Kier molecular flexibility index (Phi) is 3.66. The number of carboxylic acid groups (broad SMARTS) is 1. The number of halogens is 1. The highest BCUT2D eigenvalue weighted by molar-refractivity contribution is 9.10. The third-order valence-electron chi connectivity index (χ3n) is 2.45. The fourth-order valence-electron chi connectivity index (χ4n) is 1.59. The van der Waals surface area contributed by atoms with Crippen LogP contribution in [0.15, 0.2) is 34.8 Å². The second kappa shape index (κ2) is 5.22. The van der Waals surface area contributed by atoms with Crippen LogP contribution < -0.4 is 5.73 Å². The fourth-order valence-corrected chi connectivity index (χ4v) is 1.86. The van der Waals surface area contributed by atoms with Crippen LogP contribution in [0.25, 0.3) is 5.69 Å². The number of aryl methyl sites for hydroxylation is 1. The van der Waals surface area contributed by atoms with Crippen molar-refractivity contribution >= 4 is 27.7 Å². The number of carboxylic acids is 1.